The summed E-state index contributed by atoms with van der Waals surface area (Å²) >= 11 is 0. The van der Waals surface area contributed by atoms with Crippen LogP contribution in [-0.4, -0.2) is 76.0 Å². The number of anilines is 1. The lowest BCUT2D eigenvalue weighted by Gasteiger charge is -2.36. The molecule has 33 heavy (non-hydrogen) atoms. The first-order chi connectivity index (χ1) is 16.0. The number of para-hydroxylation sites is 1. The van der Waals surface area contributed by atoms with Crippen LogP contribution in [0.4, 0.5) is 5.69 Å². The lowest BCUT2D eigenvalue weighted by Crippen LogP contribution is -2.52. The Hall–Kier alpha value is -2.78. The molecule has 0 spiro atoms. The standard InChI is InChI=1S/C24H29N3O5S/c28-24(18-26-10-3-6-19-5-1-2-7-21(19)26)25-11-13-27(14-12-25)33(29,30)20-8-9-22-23(17-20)32-16-4-15-31-22/h1-2,5,7-9,17H,3-4,6,10-16,18H2. The lowest BCUT2D eigenvalue weighted by atomic mass is 10.0. The van der Waals surface area contributed by atoms with Crippen molar-refractivity contribution in [2.45, 2.75) is 24.2 Å². The van der Waals surface area contributed by atoms with E-state index in [-0.39, 0.29) is 23.9 Å². The van der Waals surface area contributed by atoms with Gasteiger partial charge >= 0.3 is 0 Å². The fraction of sp³-hybridized carbons (Fsp3) is 0.458. The number of fused-ring (bicyclic) bond motifs is 2. The van der Waals surface area contributed by atoms with Crippen LogP contribution in [0.3, 0.4) is 0 Å². The van der Waals surface area contributed by atoms with Gasteiger partial charge in [0.25, 0.3) is 0 Å². The van der Waals surface area contributed by atoms with Crippen LogP contribution in [0.1, 0.15) is 18.4 Å². The third-order valence-corrected chi connectivity index (χ3v) is 8.38. The van der Waals surface area contributed by atoms with Gasteiger partial charge in [-0.15, -0.1) is 0 Å². The summed E-state index contributed by atoms with van der Waals surface area (Å²) in [6.07, 6.45) is 2.83. The van der Waals surface area contributed by atoms with Crippen molar-refractivity contribution in [2.75, 3.05) is 57.4 Å². The molecule has 1 fully saturated rings. The summed E-state index contributed by atoms with van der Waals surface area (Å²) in [4.78, 5) is 17.1. The fourth-order valence-corrected chi connectivity index (χ4v) is 6.11. The quantitative estimate of drug-likeness (QED) is 0.680. The number of rotatable bonds is 4. The van der Waals surface area contributed by atoms with Gasteiger partial charge in [-0.25, -0.2) is 8.42 Å². The Morgan fingerprint density at radius 1 is 0.879 bits per heavy atom. The van der Waals surface area contributed by atoms with Crippen molar-refractivity contribution in [3.05, 3.63) is 48.0 Å². The van der Waals surface area contributed by atoms with E-state index in [1.54, 1.807) is 23.1 Å². The highest BCUT2D eigenvalue weighted by atomic mass is 32.2. The Morgan fingerprint density at radius 2 is 1.64 bits per heavy atom. The predicted molar refractivity (Wildman–Crippen MR) is 124 cm³/mol. The molecule has 0 radical (unpaired) electrons. The smallest absolute Gasteiger partial charge is 0.243 e. The minimum atomic E-state index is -3.67. The second-order valence-corrected chi connectivity index (χ2v) is 10.5. The lowest BCUT2D eigenvalue weighted by molar-refractivity contribution is -0.130. The van der Waals surface area contributed by atoms with Crippen molar-refractivity contribution < 1.29 is 22.7 Å². The highest BCUT2D eigenvalue weighted by molar-refractivity contribution is 7.89. The van der Waals surface area contributed by atoms with Gasteiger partial charge in [-0.1, -0.05) is 18.2 Å². The van der Waals surface area contributed by atoms with Crippen LogP contribution in [-0.2, 0) is 21.2 Å². The predicted octanol–water partition coefficient (Wildman–Crippen LogP) is 2.13. The molecule has 176 valence electrons. The summed E-state index contributed by atoms with van der Waals surface area (Å²) in [7, 11) is -3.67. The molecule has 3 heterocycles. The SMILES string of the molecule is O=C(CN1CCCc2ccccc21)N1CCN(S(=O)(=O)c2ccc3c(c2)OCCCO3)CC1. The molecule has 0 bridgehead atoms. The van der Waals surface area contributed by atoms with Gasteiger partial charge in [0.05, 0.1) is 24.7 Å². The van der Waals surface area contributed by atoms with Crippen LogP contribution >= 0.6 is 0 Å². The van der Waals surface area contributed by atoms with Crippen molar-refractivity contribution in [2.24, 2.45) is 0 Å². The third-order valence-electron chi connectivity index (χ3n) is 6.48. The van der Waals surface area contributed by atoms with Crippen molar-refractivity contribution in [3.63, 3.8) is 0 Å². The first-order valence-electron chi connectivity index (χ1n) is 11.5. The Labute approximate surface area is 194 Å². The fourth-order valence-electron chi connectivity index (χ4n) is 4.67. The highest BCUT2D eigenvalue weighted by Gasteiger charge is 2.32. The zero-order valence-electron chi connectivity index (χ0n) is 18.6. The molecule has 3 aliphatic heterocycles. The Kier molecular flexibility index (Phi) is 6.16. The normalized spacial score (nSPS) is 19.0. The minimum Gasteiger partial charge on any atom is -0.490 e. The van der Waals surface area contributed by atoms with Crippen molar-refractivity contribution in [1.82, 2.24) is 9.21 Å². The number of amides is 1. The molecule has 2 aromatic rings. The van der Waals surface area contributed by atoms with Crippen molar-refractivity contribution in [3.8, 4) is 11.5 Å². The van der Waals surface area contributed by atoms with Gasteiger partial charge < -0.3 is 19.3 Å². The summed E-state index contributed by atoms with van der Waals surface area (Å²) in [5.41, 5.74) is 2.41. The molecule has 9 heteroatoms. The van der Waals surface area contributed by atoms with Crippen molar-refractivity contribution >= 4 is 21.6 Å². The van der Waals surface area contributed by atoms with E-state index in [9.17, 15) is 13.2 Å². The molecule has 0 aliphatic carbocycles. The largest absolute Gasteiger partial charge is 0.490 e. The summed E-state index contributed by atoms with van der Waals surface area (Å²) < 4.78 is 39.1. The first-order valence-corrected chi connectivity index (χ1v) is 13.0. The van der Waals surface area contributed by atoms with E-state index in [2.05, 4.69) is 17.0 Å². The molecule has 8 nitrogen and oxygen atoms in total. The van der Waals surface area contributed by atoms with Crippen LogP contribution in [0.5, 0.6) is 11.5 Å². The molecule has 0 saturated carbocycles. The minimum absolute atomic E-state index is 0.0410. The average molecular weight is 472 g/mol. The van der Waals surface area contributed by atoms with Gasteiger partial charge in [-0.2, -0.15) is 4.31 Å². The van der Waals surface area contributed by atoms with E-state index in [4.69, 9.17) is 9.47 Å². The average Bonchev–Trinajstić information content (AvgIpc) is 3.09. The van der Waals surface area contributed by atoms with Gasteiger partial charge in [-0.3, -0.25) is 4.79 Å². The third kappa shape index (κ3) is 4.52. The number of carbonyl (C=O) groups excluding carboxylic acids is 1. The molecule has 0 atom stereocenters. The van der Waals surface area contributed by atoms with E-state index < -0.39 is 10.0 Å². The van der Waals surface area contributed by atoms with E-state index in [0.717, 1.165) is 31.5 Å². The zero-order valence-corrected chi connectivity index (χ0v) is 19.4. The molecule has 0 unspecified atom stereocenters. The maximum Gasteiger partial charge on any atom is 0.243 e. The first kappa shape index (κ1) is 22.0. The molecule has 2 aromatic carbocycles. The van der Waals surface area contributed by atoms with Crippen LogP contribution < -0.4 is 14.4 Å². The van der Waals surface area contributed by atoms with Crippen LogP contribution in [0, 0.1) is 0 Å². The second kappa shape index (κ2) is 9.23. The van der Waals surface area contributed by atoms with E-state index in [1.165, 1.54) is 9.87 Å². The molecule has 1 amide bonds. The number of carbonyl (C=O) groups is 1. The Balaban J connectivity index is 1.22. The van der Waals surface area contributed by atoms with Gasteiger partial charge in [0.2, 0.25) is 15.9 Å². The van der Waals surface area contributed by atoms with E-state index in [1.807, 2.05) is 12.1 Å². The molecule has 3 aliphatic rings. The Morgan fingerprint density at radius 3 is 2.45 bits per heavy atom. The number of piperazine rings is 1. The summed E-state index contributed by atoms with van der Waals surface area (Å²) in [5.74, 6) is 1.07. The van der Waals surface area contributed by atoms with Gasteiger partial charge in [0.1, 0.15) is 0 Å². The number of nitrogens with zero attached hydrogens (tertiary/aromatic N) is 3. The number of benzene rings is 2. The maximum absolute atomic E-state index is 13.2. The summed E-state index contributed by atoms with van der Waals surface area (Å²) in [6.45, 7) is 3.57. The number of sulfonamides is 1. The van der Waals surface area contributed by atoms with Crippen LogP contribution in [0.25, 0.3) is 0 Å². The van der Waals surface area contributed by atoms with Crippen LogP contribution in [0.2, 0.25) is 0 Å². The zero-order chi connectivity index (χ0) is 22.8. The molecule has 0 aromatic heterocycles. The molecule has 1 saturated heterocycles. The second-order valence-electron chi connectivity index (χ2n) is 8.60. The summed E-state index contributed by atoms with van der Waals surface area (Å²) in [5, 5.41) is 0. The highest BCUT2D eigenvalue weighted by Crippen LogP contribution is 2.33. The number of hydrogen-bond donors (Lipinski definition) is 0. The topological polar surface area (TPSA) is 79.4 Å². The molecule has 0 N–H and O–H groups in total. The van der Waals surface area contributed by atoms with Crippen LogP contribution in [0.15, 0.2) is 47.4 Å². The molecular weight excluding hydrogens is 442 g/mol. The maximum atomic E-state index is 13.2. The Bertz CT molecular complexity index is 1130. The van der Waals surface area contributed by atoms with Gasteiger partial charge in [0.15, 0.2) is 11.5 Å². The van der Waals surface area contributed by atoms with Gasteiger partial charge in [0, 0.05) is 50.9 Å². The monoisotopic (exact) mass is 471 g/mol. The number of ether oxygens (including phenoxy) is 2. The van der Waals surface area contributed by atoms with E-state index >= 15 is 0 Å². The molecular formula is C24H29N3O5S. The van der Waals surface area contributed by atoms with Crippen molar-refractivity contribution in [1.29, 1.82) is 0 Å². The van der Waals surface area contributed by atoms with E-state index in [0.29, 0.717) is 44.3 Å². The number of aryl methyl sites for hydroxylation is 1. The molecule has 5 rings (SSSR count). The van der Waals surface area contributed by atoms with Gasteiger partial charge in [-0.05, 0) is 36.6 Å². The number of hydrogen-bond acceptors (Lipinski definition) is 6. The summed E-state index contributed by atoms with van der Waals surface area (Å²) in [6, 6.07) is 13.0.